The molecule has 118 valence electrons. The van der Waals surface area contributed by atoms with Gasteiger partial charge in [-0.05, 0) is 24.6 Å². The highest BCUT2D eigenvalue weighted by Crippen LogP contribution is 2.29. The van der Waals surface area contributed by atoms with Gasteiger partial charge in [-0.15, -0.1) is 0 Å². The summed E-state index contributed by atoms with van der Waals surface area (Å²) >= 11 is 3.45. The third-order valence-electron chi connectivity index (χ3n) is 4.30. The van der Waals surface area contributed by atoms with E-state index in [-0.39, 0.29) is 11.7 Å². The number of halogens is 1. The van der Waals surface area contributed by atoms with Crippen molar-refractivity contribution < 1.29 is 9.90 Å². The summed E-state index contributed by atoms with van der Waals surface area (Å²) < 4.78 is 2.58. The quantitative estimate of drug-likeness (QED) is 0.682. The van der Waals surface area contributed by atoms with Crippen molar-refractivity contribution in [3.05, 3.63) is 39.4 Å². The third-order valence-corrected chi connectivity index (χ3v) is 4.80. The highest BCUT2D eigenvalue weighted by molar-refractivity contribution is 9.10. The van der Waals surface area contributed by atoms with Crippen LogP contribution in [0, 0.1) is 0 Å². The van der Waals surface area contributed by atoms with Crippen molar-refractivity contribution in [2.24, 2.45) is 0 Å². The van der Waals surface area contributed by atoms with Crippen LogP contribution in [-0.4, -0.2) is 43.7 Å². The van der Waals surface area contributed by atoms with Gasteiger partial charge in [0.15, 0.2) is 0 Å². The minimum absolute atomic E-state index is 0.170. The molecule has 1 aromatic carbocycles. The molecule has 23 heavy (non-hydrogen) atoms. The summed E-state index contributed by atoms with van der Waals surface area (Å²) in [5, 5.41) is 10.00. The van der Waals surface area contributed by atoms with Gasteiger partial charge in [0.1, 0.15) is 0 Å². The number of nitrogens with one attached hydrogen (secondary N) is 1. The minimum atomic E-state index is -0.949. The molecule has 4 rings (SSSR count). The zero-order chi connectivity index (χ0) is 16.1. The van der Waals surface area contributed by atoms with Crippen molar-refractivity contribution in [3.63, 3.8) is 0 Å². The van der Waals surface area contributed by atoms with Crippen molar-refractivity contribution in [1.82, 2.24) is 19.4 Å². The number of nitrogens with zero attached hydrogens (tertiary/aromatic N) is 3. The molecule has 2 N–H and O–H groups in total. The normalized spacial score (nSPS) is 18.1. The molecule has 0 spiro atoms. The Kier molecular flexibility index (Phi) is 3.15. The summed E-state index contributed by atoms with van der Waals surface area (Å²) in [7, 11) is 0. The molecule has 3 heterocycles. The summed E-state index contributed by atoms with van der Waals surface area (Å²) in [5.74, 6) is 0. The number of aromatic amines is 1. The van der Waals surface area contributed by atoms with Gasteiger partial charge in [-0.1, -0.05) is 15.9 Å². The first kappa shape index (κ1) is 14.3. The number of aromatic nitrogens is 3. The topological polar surface area (TPSA) is 91.2 Å². The van der Waals surface area contributed by atoms with E-state index in [1.807, 2.05) is 18.2 Å². The van der Waals surface area contributed by atoms with Crippen molar-refractivity contribution >= 4 is 44.0 Å². The molecule has 1 saturated heterocycles. The smallest absolute Gasteiger partial charge is 0.407 e. The van der Waals surface area contributed by atoms with Gasteiger partial charge < -0.3 is 15.0 Å². The molecule has 8 heteroatoms. The van der Waals surface area contributed by atoms with E-state index < -0.39 is 6.09 Å². The average Bonchev–Trinajstić information content (AvgIpc) is 3.10. The number of carbonyl (C=O) groups is 1. The lowest BCUT2D eigenvalue weighted by atomic mass is 10.1. The van der Waals surface area contributed by atoms with Crippen LogP contribution in [-0.2, 0) is 0 Å². The number of hydrogen-bond acceptors (Lipinski definition) is 3. The van der Waals surface area contributed by atoms with E-state index >= 15 is 0 Å². The lowest BCUT2D eigenvalue weighted by molar-refractivity contribution is 0.154. The summed E-state index contributed by atoms with van der Waals surface area (Å²) in [6.45, 7) is 0.756. The first-order valence-electron chi connectivity index (χ1n) is 7.21. The lowest BCUT2D eigenvalue weighted by Crippen LogP contribution is -2.29. The molecular formula is C15H13BrN4O3. The Bertz CT molecular complexity index is 993. The van der Waals surface area contributed by atoms with Crippen LogP contribution >= 0.6 is 15.9 Å². The number of carboxylic acid groups (broad SMARTS) is 1. The van der Waals surface area contributed by atoms with Gasteiger partial charge in [-0.25, -0.2) is 9.59 Å². The van der Waals surface area contributed by atoms with Crippen molar-refractivity contribution in [1.29, 1.82) is 0 Å². The van der Waals surface area contributed by atoms with Gasteiger partial charge in [0.2, 0.25) is 0 Å². The molecule has 1 aliphatic heterocycles. The van der Waals surface area contributed by atoms with E-state index in [0.29, 0.717) is 25.0 Å². The van der Waals surface area contributed by atoms with Crippen molar-refractivity contribution in [2.45, 2.75) is 12.5 Å². The Morgan fingerprint density at radius 2 is 2.26 bits per heavy atom. The van der Waals surface area contributed by atoms with Crippen LogP contribution in [0.5, 0.6) is 0 Å². The fourth-order valence-electron chi connectivity index (χ4n) is 3.25. The Morgan fingerprint density at radius 1 is 1.43 bits per heavy atom. The van der Waals surface area contributed by atoms with Crippen LogP contribution in [0.3, 0.4) is 0 Å². The molecular weight excluding hydrogens is 364 g/mol. The number of H-pyrrole nitrogens is 1. The molecule has 0 aliphatic carbocycles. The predicted molar refractivity (Wildman–Crippen MR) is 88.8 cm³/mol. The molecule has 0 bridgehead atoms. The first-order chi connectivity index (χ1) is 11.0. The number of pyridine rings is 1. The second kappa shape index (κ2) is 5.09. The summed E-state index contributed by atoms with van der Waals surface area (Å²) in [5.41, 5.74) is 2.00. The molecule has 3 aromatic rings. The van der Waals surface area contributed by atoms with Gasteiger partial charge in [-0.2, -0.15) is 0 Å². The number of benzene rings is 1. The molecule has 2 aromatic heterocycles. The van der Waals surface area contributed by atoms with Crippen LogP contribution in [0.1, 0.15) is 12.5 Å². The van der Waals surface area contributed by atoms with Gasteiger partial charge in [0.05, 0.1) is 28.8 Å². The van der Waals surface area contributed by atoms with E-state index in [0.717, 1.165) is 20.9 Å². The maximum atomic E-state index is 12.4. The second-order valence-corrected chi connectivity index (χ2v) is 6.57. The molecule has 7 nitrogen and oxygen atoms in total. The standard InChI is InChI=1S/C15H13BrN4O3/c16-8-1-2-11-10(5-8)13-12(6-17-11)18-14(21)20(13)9-3-4-19(7-9)15(22)23/h1-2,5-6,9H,3-4,7H2,(H,18,21)(H,22,23)/t9-/m0/s1. The molecule has 1 amide bonds. The largest absolute Gasteiger partial charge is 0.465 e. The fourth-order valence-corrected chi connectivity index (χ4v) is 3.61. The monoisotopic (exact) mass is 376 g/mol. The Balaban J connectivity index is 1.96. The van der Waals surface area contributed by atoms with E-state index in [2.05, 4.69) is 25.9 Å². The lowest BCUT2D eigenvalue weighted by Gasteiger charge is -2.14. The van der Waals surface area contributed by atoms with Gasteiger partial charge in [0, 0.05) is 22.9 Å². The van der Waals surface area contributed by atoms with Crippen LogP contribution in [0.4, 0.5) is 4.79 Å². The summed E-state index contributed by atoms with van der Waals surface area (Å²) in [4.78, 5) is 32.1. The predicted octanol–water partition coefficient (Wildman–Crippen LogP) is 2.57. The van der Waals surface area contributed by atoms with Crippen molar-refractivity contribution in [2.75, 3.05) is 13.1 Å². The zero-order valence-electron chi connectivity index (χ0n) is 12.0. The Hall–Kier alpha value is -2.35. The first-order valence-corrected chi connectivity index (χ1v) is 8.00. The van der Waals surface area contributed by atoms with E-state index in [4.69, 9.17) is 5.11 Å². The Labute approximate surface area is 138 Å². The van der Waals surface area contributed by atoms with E-state index in [1.54, 1.807) is 10.8 Å². The SMILES string of the molecule is O=C(O)N1CC[C@H](n2c(=O)[nH]c3cnc4ccc(Br)cc4c32)C1. The van der Waals surface area contributed by atoms with Gasteiger partial charge >= 0.3 is 11.8 Å². The van der Waals surface area contributed by atoms with Crippen molar-refractivity contribution in [3.8, 4) is 0 Å². The van der Waals surface area contributed by atoms with Gasteiger partial charge in [0.25, 0.3) is 0 Å². The number of amides is 1. The molecule has 0 saturated carbocycles. The number of likely N-dealkylation sites (tertiary alicyclic amines) is 1. The third kappa shape index (κ3) is 2.21. The van der Waals surface area contributed by atoms with Crippen LogP contribution in [0.25, 0.3) is 21.9 Å². The number of rotatable bonds is 1. The van der Waals surface area contributed by atoms with Crippen LogP contribution in [0.2, 0.25) is 0 Å². The number of hydrogen-bond donors (Lipinski definition) is 2. The maximum absolute atomic E-state index is 12.4. The minimum Gasteiger partial charge on any atom is -0.465 e. The van der Waals surface area contributed by atoms with E-state index in [1.165, 1.54) is 4.90 Å². The zero-order valence-corrected chi connectivity index (χ0v) is 13.6. The average molecular weight is 377 g/mol. The van der Waals surface area contributed by atoms with Crippen LogP contribution in [0.15, 0.2) is 33.7 Å². The second-order valence-electron chi connectivity index (χ2n) is 5.65. The molecule has 0 radical (unpaired) electrons. The van der Waals surface area contributed by atoms with E-state index in [9.17, 15) is 9.59 Å². The molecule has 1 atom stereocenters. The van der Waals surface area contributed by atoms with Crippen LogP contribution < -0.4 is 5.69 Å². The number of imidazole rings is 1. The highest BCUT2D eigenvalue weighted by atomic mass is 79.9. The summed E-state index contributed by atoms with van der Waals surface area (Å²) in [6.07, 6.45) is 1.32. The number of fused-ring (bicyclic) bond motifs is 3. The summed E-state index contributed by atoms with van der Waals surface area (Å²) in [6, 6.07) is 5.55. The Morgan fingerprint density at radius 3 is 3.00 bits per heavy atom. The maximum Gasteiger partial charge on any atom is 0.407 e. The van der Waals surface area contributed by atoms with Gasteiger partial charge in [-0.3, -0.25) is 9.55 Å². The molecule has 0 unspecified atom stereocenters. The highest BCUT2D eigenvalue weighted by Gasteiger charge is 2.29. The molecule has 1 aliphatic rings. The fraction of sp³-hybridized carbons (Fsp3) is 0.267. The molecule has 1 fully saturated rings.